The van der Waals surface area contributed by atoms with E-state index < -0.39 is 0 Å². The maximum Gasteiger partial charge on any atom is 0.0720 e. The third-order valence-corrected chi connectivity index (χ3v) is 3.73. The summed E-state index contributed by atoms with van der Waals surface area (Å²) in [7, 11) is 0. The molecule has 0 bridgehead atoms. The van der Waals surface area contributed by atoms with Gasteiger partial charge < -0.3 is 9.47 Å². The number of ether oxygens (including phenoxy) is 2. The van der Waals surface area contributed by atoms with Crippen molar-refractivity contribution < 1.29 is 9.47 Å². The fraction of sp³-hybridized carbons (Fsp3) is 0.429. The molecule has 0 aliphatic rings. The van der Waals surface area contributed by atoms with Crippen molar-refractivity contribution in [3.05, 3.63) is 71.3 Å². The van der Waals surface area contributed by atoms with Gasteiger partial charge in [0, 0.05) is 0 Å². The Labute approximate surface area is 140 Å². The molecule has 0 saturated heterocycles. The van der Waals surface area contributed by atoms with Gasteiger partial charge in [-0.3, -0.25) is 0 Å². The Bertz CT molecular complexity index is 563. The lowest BCUT2D eigenvalue weighted by atomic mass is 10.0. The molecule has 0 aliphatic carbocycles. The third kappa shape index (κ3) is 6.98. The largest absolute Gasteiger partial charge is 0.378 e. The second-order valence-electron chi connectivity index (χ2n) is 6.30. The van der Waals surface area contributed by atoms with Gasteiger partial charge in [0.25, 0.3) is 0 Å². The van der Waals surface area contributed by atoms with Crippen LogP contribution < -0.4 is 0 Å². The fourth-order valence-corrected chi connectivity index (χ4v) is 2.53. The maximum absolute atomic E-state index is 5.96. The van der Waals surface area contributed by atoms with Gasteiger partial charge in [-0.25, -0.2) is 0 Å². The highest BCUT2D eigenvalue weighted by atomic mass is 16.5. The van der Waals surface area contributed by atoms with Crippen molar-refractivity contribution in [2.45, 2.75) is 52.4 Å². The van der Waals surface area contributed by atoms with Crippen molar-refractivity contribution in [3.8, 4) is 0 Å². The highest BCUT2D eigenvalue weighted by Crippen LogP contribution is 2.12. The average Bonchev–Trinajstić information content (AvgIpc) is 2.54. The molecule has 2 aromatic carbocycles. The van der Waals surface area contributed by atoms with Crippen molar-refractivity contribution >= 4 is 0 Å². The minimum absolute atomic E-state index is 0.206. The van der Waals surface area contributed by atoms with E-state index in [1.807, 2.05) is 18.2 Å². The summed E-state index contributed by atoms with van der Waals surface area (Å²) < 4.78 is 11.6. The lowest BCUT2D eigenvalue weighted by Crippen LogP contribution is -2.12. The Balaban J connectivity index is 1.79. The van der Waals surface area contributed by atoms with Crippen molar-refractivity contribution in [2.75, 3.05) is 6.61 Å². The van der Waals surface area contributed by atoms with Crippen LogP contribution in [0.2, 0.25) is 0 Å². The van der Waals surface area contributed by atoms with Crippen LogP contribution in [0.3, 0.4) is 0 Å². The molecular weight excluding hydrogens is 284 g/mol. The van der Waals surface area contributed by atoms with Crippen molar-refractivity contribution in [3.63, 3.8) is 0 Å². The molecule has 124 valence electrons. The standard InChI is InChI=1S/C21H28O2/c1-17(2)22-13-12-19-10-7-11-21(15-19)14-18(3)23-16-20-8-5-4-6-9-20/h4-11,15,17-18H,12-14,16H2,1-3H3. The summed E-state index contributed by atoms with van der Waals surface area (Å²) in [6, 6.07) is 19.1. The first kappa shape index (κ1) is 17.7. The summed E-state index contributed by atoms with van der Waals surface area (Å²) >= 11 is 0. The average molecular weight is 312 g/mol. The molecule has 1 atom stereocenters. The van der Waals surface area contributed by atoms with Gasteiger partial charge in [0.05, 0.1) is 25.4 Å². The normalized spacial score (nSPS) is 12.5. The van der Waals surface area contributed by atoms with E-state index in [2.05, 4.69) is 57.2 Å². The van der Waals surface area contributed by atoms with Crippen LogP contribution in [0.1, 0.15) is 37.5 Å². The highest BCUT2D eigenvalue weighted by Gasteiger charge is 2.05. The molecule has 2 nitrogen and oxygen atoms in total. The number of hydrogen-bond acceptors (Lipinski definition) is 2. The van der Waals surface area contributed by atoms with Gasteiger partial charge in [-0.1, -0.05) is 54.6 Å². The zero-order valence-corrected chi connectivity index (χ0v) is 14.5. The molecule has 0 spiro atoms. The minimum Gasteiger partial charge on any atom is -0.378 e. The summed E-state index contributed by atoms with van der Waals surface area (Å²) in [6.45, 7) is 7.73. The van der Waals surface area contributed by atoms with E-state index in [1.165, 1.54) is 16.7 Å². The molecule has 0 N–H and O–H groups in total. The van der Waals surface area contributed by atoms with Gasteiger partial charge in [0.2, 0.25) is 0 Å². The van der Waals surface area contributed by atoms with Crippen molar-refractivity contribution in [1.29, 1.82) is 0 Å². The van der Waals surface area contributed by atoms with Gasteiger partial charge in [-0.2, -0.15) is 0 Å². The molecule has 0 heterocycles. The summed E-state index contributed by atoms with van der Waals surface area (Å²) in [5.74, 6) is 0. The monoisotopic (exact) mass is 312 g/mol. The second kappa shape index (κ2) is 9.49. The van der Waals surface area contributed by atoms with E-state index in [0.717, 1.165) is 19.4 Å². The molecule has 2 aromatic rings. The summed E-state index contributed by atoms with van der Waals surface area (Å²) in [5, 5.41) is 0. The topological polar surface area (TPSA) is 18.5 Å². The molecule has 2 heteroatoms. The van der Waals surface area contributed by atoms with Gasteiger partial charge in [-0.15, -0.1) is 0 Å². The first-order valence-corrected chi connectivity index (χ1v) is 8.48. The Morgan fingerprint density at radius 2 is 1.48 bits per heavy atom. The number of benzene rings is 2. The highest BCUT2D eigenvalue weighted by molar-refractivity contribution is 5.24. The van der Waals surface area contributed by atoms with Crippen molar-refractivity contribution in [1.82, 2.24) is 0 Å². The summed E-state index contributed by atoms with van der Waals surface area (Å²) in [6.07, 6.45) is 2.40. The van der Waals surface area contributed by atoms with Gasteiger partial charge in [-0.05, 0) is 50.3 Å². The second-order valence-corrected chi connectivity index (χ2v) is 6.30. The maximum atomic E-state index is 5.96. The first-order chi connectivity index (χ1) is 11.1. The lowest BCUT2D eigenvalue weighted by molar-refractivity contribution is 0.0535. The van der Waals surface area contributed by atoms with Crippen molar-refractivity contribution in [2.24, 2.45) is 0 Å². The first-order valence-electron chi connectivity index (χ1n) is 8.48. The fourth-order valence-electron chi connectivity index (χ4n) is 2.53. The molecule has 0 aromatic heterocycles. The summed E-state index contributed by atoms with van der Waals surface area (Å²) in [5.41, 5.74) is 3.88. The molecule has 0 aliphatic heterocycles. The van der Waals surface area contributed by atoms with Crippen LogP contribution in [0.25, 0.3) is 0 Å². The van der Waals surface area contributed by atoms with Crippen LogP contribution in [0, 0.1) is 0 Å². The summed E-state index contributed by atoms with van der Waals surface area (Å²) in [4.78, 5) is 0. The molecule has 2 rings (SSSR count). The molecular formula is C21H28O2. The smallest absolute Gasteiger partial charge is 0.0720 e. The zero-order valence-electron chi connectivity index (χ0n) is 14.5. The van der Waals surface area contributed by atoms with Crippen LogP contribution >= 0.6 is 0 Å². The molecule has 23 heavy (non-hydrogen) atoms. The van der Waals surface area contributed by atoms with Gasteiger partial charge in [0.1, 0.15) is 0 Å². The third-order valence-electron chi connectivity index (χ3n) is 3.73. The number of hydrogen-bond donors (Lipinski definition) is 0. The predicted molar refractivity (Wildman–Crippen MR) is 95.6 cm³/mol. The SMILES string of the molecule is CC(C)OCCc1cccc(CC(C)OCc2ccccc2)c1. The van der Waals surface area contributed by atoms with E-state index in [4.69, 9.17) is 9.47 Å². The minimum atomic E-state index is 0.206. The molecule has 0 fully saturated rings. The van der Waals surface area contributed by atoms with Gasteiger partial charge in [0.15, 0.2) is 0 Å². The van der Waals surface area contributed by atoms with E-state index in [9.17, 15) is 0 Å². The van der Waals surface area contributed by atoms with Crippen LogP contribution in [0.15, 0.2) is 54.6 Å². The van der Waals surface area contributed by atoms with E-state index in [0.29, 0.717) is 12.7 Å². The van der Waals surface area contributed by atoms with E-state index in [1.54, 1.807) is 0 Å². The Morgan fingerprint density at radius 1 is 0.783 bits per heavy atom. The van der Waals surface area contributed by atoms with Crippen LogP contribution in [0.4, 0.5) is 0 Å². The Kier molecular flexibility index (Phi) is 7.31. The Hall–Kier alpha value is -1.64. The van der Waals surface area contributed by atoms with Crippen LogP contribution in [-0.2, 0) is 28.9 Å². The quantitative estimate of drug-likeness (QED) is 0.662. The molecule has 0 amide bonds. The van der Waals surface area contributed by atoms with E-state index in [-0.39, 0.29) is 6.10 Å². The number of rotatable bonds is 9. The van der Waals surface area contributed by atoms with Crippen LogP contribution in [0.5, 0.6) is 0 Å². The zero-order chi connectivity index (χ0) is 16.5. The van der Waals surface area contributed by atoms with Gasteiger partial charge >= 0.3 is 0 Å². The molecule has 0 saturated carbocycles. The predicted octanol–water partition coefficient (Wildman–Crippen LogP) is 4.80. The molecule has 1 unspecified atom stereocenters. The van der Waals surface area contributed by atoms with Crippen LogP contribution in [-0.4, -0.2) is 18.8 Å². The lowest BCUT2D eigenvalue weighted by Gasteiger charge is -2.14. The molecule has 0 radical (unpaired) electrons. The Morgan fingerprint density at radius 3 is 2.22 bits per heavy atom. The van der Waals surface area contributed by atoms with E-state index >= 15 is 0 Å².